The van der Waals surface area contributed by atoms with E-state index in [2.05, 4.69) is 4.99 Å². The van der Waals surface area contributed by atoms with E-state index in [1.54, 1.807) is 12.1 Å². The van der Waals surface area contributed by atoms with Crippen molar-refractivity contribution in [3.63, 3.8) is 0 Å². The first-order valence-corrected chi connectivity index (χ1v) is 8.43. The van der Waals surface area contributed by atoms with E-state index in [0.29, 0.717) is 12.5 Å². The third-order valence-electron chi connectivity index (χ3n) is 3.72. The Balaban J connectivity index is 1.89. The maximum Gasteiger partial charge on any atom is 0.238 e. The van der Waals surface area contributed by atoms with Gasteiger partial charge >= 0.3 is 0 Å². The number of benzene rings is 1. The summed E-state index contributed by atoms with van der Waals surface area (Å²) in [4.78, 5) is 4.56. The summed E-state index contributed by atoms with van der Waals surface area (Å²) in [5.74, 6) is 1.23. The van der Waals surface area contributed by atoms with Crippen LogP contribution in [-0.2, 0) is 16.4 Å². The normalized spacial score (nSPS) is 17.6. The summed E-state index contributed by atoms with van der Waals surface area (Å²) in [7, 11) is -3.61. The number of primary sulfonamides is 1. The minimum atomic E-state index is -3.61. The number of nitrogens with two attached hydrogens (primary N) is 2. The lowest BCUT2D eigenvalue weighted by molar-refractivity contribution is 0.598. The molecule has 20 heavy (non-hydrogen) atoms. The van der Waals surface area contributed by atoms with Gasteiger partial charge in [-0.1, -0.05) is 25.0 Å². The molecule has 2 rings (SSSR count). The fourth-order valence-electron chi connectivity index (χ4n) is 2.51. The lowest BCUT2D eigenvalue weighted by Crippen LogP contribution is -2.21. The molecule has 1 saturated carbocycles. The van der Waals surface area contributed by atoms with Crippen molar-refractivity contribution >= 4 is 15.9 Å². The predicted molar refractivity (Wildman–Crippen MR) is 80.0 cm³/mol. The third kappa shape index (κ3) is 4.05. The number of hydrogen-bond acceptors (Lipinski definition) is 3. The van der Waals surface area contributed by atoms with Gasteiger partial charge in [-0.3, -0.25) is 4.99 Å². The van der Waals surface area contributed by atoms with Crippen molar-refractivity contribution in [3.8, 4) is 0 Å². The highest BCUT2D eigenvalue weighted by molar-refractivity contribution is 7.89. The number of amidine groups is 1. The molecule has 0 unspecified atom stereocenters. The van der Waals surface area contributed by atoms with Crippen LogP contribution < -0.4 is 10.9 Å². The Morgan fingerprint density at radius 1 is 1.20 bits per heavy atom. The van der Waals surface area contributed by atoms with Crippen LogP contribution in [-0.4, -0.2) is 20.8 Å². The average molecular weight is 295 g/mol. The van der Waals surface area contributed by atoms with Crippen LogP contribution in [0, 0.1) is 5.92 Å². The molecule has 1 fully saturated rings. The summed E-state index contributed by atoms with van der Waals surface area (Å²) in [5.41, 5.74) is 7.01. The smallest absolute Gasteiger partial charge is 0.238 e. The minimum absolute atomic E-state index is 0.134. The Kier molecular flexibility index (Phi) is 4.77. The van der Waals surface area contributed by atoms with Crippen LogP contribution in [0.25, 0.3) is 0 Å². The third-order valence-corrected chi connectivity index (χ3v) is 4.65. The summed E-state index contributed by atoms with van der Waals surface area (Å²) in [6.45, 7) is 0.636. The average Bonchev–Trinajstić information content (AvgIpc) is 2.92. The highest BCUT2D eigenvalue weighted by Gasteiger charge is 2.18. The molecule has 5 nitrogen and oxygen atoms in total. The second-order valence-electron chi connectivity index (χ2n) is 5.23. The molecule has 0 saturated heterocycles. The Morgan fingerprint density at radius 3 is 2.35 bits per heavy atom. The first-order valence-electron chi connectivity index (χ1n) is 6.88. The maximum absolute atomic E-state index is 11.1. The Bertz CT molecular complexity index is 573. The number of hydrogen-bond donors (Lipinski definition) is 2. The van der Waals surface area contributed by atoms with E-state index in [4.69, 9.17) is 10.9 Å². The lowest BCUT2D eigenvalue weighted by Gasteiger charge is -2.08. The van der Waals surface area contributed by atoms with Crippen LogP contribution in [0.15, 0.2) is 34.2 Å². The molecule has 4 N–H and O–H groups in total. The largest absolute Gasteiger partial charge is 0.387 e. The molecule has 0 aliphatic heterocycles. The first kappa shape index (κ1) is 15.0. The molecule has 0 heterocycles. The van der Waals surface area contributed by atoms with E-state index in [0.717, 1.165) is 30.7 Å². The van der Waals surface area contributed by atoms with Gasteiger partial charge in [-0.2, -0.15) is 0 Å². The number of nitrogens with zero attached hydrogens (tertiary/aromatic N) is 1. The molecule has 1 aromatic carbocycles. The van der Waals surface area contributed by atoms with Crippen molar-refractivity contribution in [2.24, 2.45) is 21.8 Å². The molecule has 0 bridgehead atoms. The second-order valence-corrected chi connectivity index (χ2v) is 6.79. The summed E-state index contributed by atoms with van der Waals surface area (Å²) < 4.78 is 22.3. The van der Waals surface area contributed by atoms with E-state index < -0.39 is 10.0 Å². The zero-order valence-electron chi connectivity index (χ0n) is 11.5. The highest BCUT2D eigenvalue weighted by Crippen LogP contribution is 2.24. The van der Waals surface area contributed by atoms with Gasteiger partial charge in [-0.25, -0.2) is 13.6 Å². The van der Waals surface area contributed by atoms with Crippen molar-refractivity contribution in [3.05, 3.63) is 29.8 Å². The number of sulfonamides is 1. The van der Waals surface area contributed by atoms with Crippen molar-refractivity contribution in [2.45, 2.75) is 37.0 Å². The van der Waals surface area contributed by atoms with Gasteiger partial charge in [0.15, 0.2) is 0 Å². The van der Waals surface area contributed by atoms with Crippen LogP contribution in [0.2, 0.25) is 0 Å². The Hall–Kier alpha value is -1.40. The molecule has 0 spiro atoms. The number of aliphatic imine (C=N–C) groups is 1. The van der Waals surface area contributed by atoms with Crippen molar-refractivity contribution in [1.29, 1.82) is 0 Å². The van der Waals surface area contributed by atoms with Crippen LogP contribution in [0.5, 0.6) is 0 Å². The summed E-state index contributed by atoms with van der Waals surface area (Å²) >= 11 is 0. The van der Waals surface area contributed by atoms with Crippen LogP contribution >= 0.6 is 0 Å². The molecular formula is C14H21N3O2S. The summed E-state index contributed by atoms with van der Waals surface area (Å²) in [5, 5.41) is 5.05. The van der Waals surface area contributed by atoms with Gasteiger partial charge in [0.25, 0.3) is 0 Å². The van der Waals surface area contributed by atoms with E-state index in [1.807, 2.05) is 0 Å². The van der Waals surface area contributed by atoms with Gasteiger partial charge in [0.05, 0.1) is 10.7 Å². The predicted octanol–water partition coefficient (Wildman–Crippen LogP) is 1.42. The molecule has 0 atom stereocenters. The zero-order chi connectivity index (χ0) is 14.6. The SMILES string of the molecule is NC(=NCCc1ccc(S(N)(=O)=O)cc1)C1CCCC1. The molecule has 110 valence electrons. The van der Waals surface area contributed by atoms with Gasteiger partial charge in [-0.15, -0.1) is 0 Å². The Morgan fingerprint density at radius 2 is 1.80 bits per heavy atom. The van der Waals surface area contributed by atoms with E-state index in [1.165, 1.54) is 25.0 Å². The van der Waals surface area contributed by atoms with Crippen molar-refractivity contribution < 1.29 is 8.42 Å². The van der Waals surface area contributed by atoms with Gasteiger partial charge in [0, 0.05) is 12.5 Å². The van der Waals surface area contributed by atoms with Gasteiger partial charge in [0.2, 0.25) is 10.0 Å². The molecule has 0 amide bonds. The van der Waals surface area contributed by atoms with Crippen LogP contribution in [0.3, 0.4) is 0 Å². The zero-order valence-corrected chi connectivity index (χ0v) is 12.3. The maximum atomic E-state index is 11.1. The monoisotopic (exact) mass is 295 g/mol. The summed E-state index contributed by atoms with van der Waals surface area (Å²) in [6, 6.07) is 6.57. The highest BCUT2D eigenvalue weighted by atomic mass is 32.2. The van der Waals surface area contributed by atoms with E-state index in [-0.39, 0.29) is 4.90 Å². The quantitative estimate of drug-likeness (QED) is 0.635. The van der Waals surface area contributed by atoms with Crippen LogP contribution in [0.4, 0.5) is 0 Å². The topological polar surface area (TPSA) is 98.5 Å². The fraction of sp³-hybridized carbons (Fsp3) is 0.500. The molecular weight excluding hydrogens is 274 g/mol. The molecule has 0 aromatic heterocycles. The van der Waals surface area contributed by atoms with Crippen molar-refractivity contribution in [1.82, 2.24) is 0 Å². The number of rotatable bonds is 5. The van der Waals surface area contributed by atoms with Gasteiger partial charge in [0.1, 0.15) is 0 Å². The second kappa shape index (κ2) is 6.37. The van der Waals surface area contributed by atoms with Gasteiger partial charge in [-0.05, 0) is 37.0 Å². The molecule has 1 aromatic rings. The molecule has 1 aliphatic rings. The lowest BCUT2D eigenvalue weighted by atomic mass is 10.1. The standard InChI is InChI=1S/C14H21N3O2S/c15-14(12-3-1-2-4-12)17-10-9-11-5-7-13(8-6-11)20(16,18)19/h5-8,12H,1-4,9-10H2,(H2,15,17)(H2,16,18,19). The molecule has 6 heteroatoms. The minimum Gasteiger partial charge on any atom is -0.387 e. The first-order chi connectivity index (χ1) is 9.47. The summed E-state index contributed by atoms with van der Waals surface area (Å²) in [6.07, 6.45) is 5.54. The van der Waals surface area contributed by atoms with Gasteiger partial charge < -0.3 is 5.73 Å². The van der Waals surface area contributed by atoms with Crippen molar-refractivity contribution in [2.75, 3.05) is 6.54 Å². The van der Waals surface area contributed by atoms with Crippen LogP contribution in [0.1, 0.15) is 31.2 Å². The van der Waals surface area contributed by atoms with E-state index >= 15 is 0 Å². The van der Waals surface area contributed by atoms with E-state index in [9.17, 15) is 8.42 Å². The fourth-order valence-corrected chi connectivity index (χ4v) is 3.03. The Labute approximate surface area is 120 Å². The molecule has 1 aliphatic carbocycles. The molecule has 0 radical (unpaired) electrons.